The lowest BCUT2D eigenvalue weighted by molar-refractivity contribution is -0.387. The molecule has 1 unspecified atom stereocenters. The Kier molecular flexibility index (Phi) is 12.1. The first-order valence-electron chi connectivity index (χ1n) is 11.4. The van der Waals surface area contributed by atoms with Crippen LogP contribution in [0.1, 0.15) is 46.5 Å². The molecule has 1 aromatic rings. The number of sulfonamides is 2. The molecule has 34 heavy (non-hydrogen) atoms. The van der Waals surface area contributed by atoms with E-state index in [4.69, 9.17) is 0 Å². The number of para-hydroxylation sites is 1. The minimum absolute atomic E-state index is 0.123. The third kappa shape index (κ3) is 8.00. The van der Waals surface area contributed by atoms with Crippen LogP contribution in [0.4, 0.5) is 5.69 Å². The number of nitrogens with zero attached hydrogens (tertiary/aromatic N) is 3. The molecule has 0 amide bonds. The molecule has 1 atom stereocenters. The molecule has 0 saturated carbocycles. The SMILES string of the molecule is C=CCN(CCCCCC)S(=O)(=O)CC(C(C)C)N(CC=C)S(=O)(=O)c1ccccc1[N+](=O)[O-]. The summed E-state index contributed by atoms with van der Waals surface area (Å²) in [6, 6.07) is 4.09. The summed E-state index contributed by atoms with van der Waals surface area (Å²) in [5.74, 6) is -0.849. The third-order valence-electron chi connectivity index (χ3n) is 5.47. The first-order valence-corrected chi connectivity index (χ1v) is 14.4. The molecule has 0 aliphatic carbocycles. The highest BCUT2D eigenvalue weighted by Gasteiger charge is 2.39. The Bertz CT molecular complexity index is 1040. The molecule has 0 saturated heterocycles. The van der Waals surface area contributed by atoms with E-state index in [1.165, 1.54) is 28.6 Å². The summed E-state index contributed by atoms with van der Waals surface area (Å²) in [4.78, 5) is 10.2. The number of benzene rings is 1. The smallest absolute Gasteiger partial charge is 0.258 e. The van der Waals surface area contributed by atoms with E-state index in [1.54, 1.807) is 13.8 Å². The van der Waals surface area contributed by atoms with E-state index in [0.29, 0.717) is 13.0 Å². The van der Waals surface area contributed by atoms with Crippen LogP contribution in [-0.4, -0.2) is 61.8 Å². The van der Waals surface area contributed by atoms with Gasteiger partial charge >= 0.3 is 0 Å². The second-order valence-electron chi connectivity index (χ2n) is 8.39. The molecule has 0 spiro atoms. The maximum atomic E-state index is 13.6. The van der Waals surface area contributed by atoms with Crippen LogP contribution in [0.15, 0.2) is 54.5 Å². The molecule has 0 bridgehead atoms. The van der Waals surface area contributed by atoms with Gasteiger partial charge in [-0.25, -0.2) is 16.8 Å². The normalized spacial score (nSPS) is 13.4. The molecule has 0 aliphatic heterocycles. The van der Waals surface area contributed by atoms with E-state index in [2.05, 4.69) is 20.1 Å². The fourth-order valence-corrected chi connectivity index (χ4v) is 7.55. The topological polar surface area (TPSA) is 118 Å². The average molecular weight is 516 g/mol. The molecule has 0 fully saturated rings. The van der Waals surface area contributed by atoms with Crippen LogP contribution in [0.25, 0.3) is 0 Å². The predicted octanol–water partition coefficient (Wildman–Crippen LogP) is 4.19. The lowest BCUT2D eigenvalue weighted by Crippen LogP contribution is -2.49. The van der Waals surface area contributed by atoms with Crippen molar-refractivity contribution in [3.8, 4) is 0 Å². The van der Waals surface area contributed by atoms with Crippen molar-refractivity contribution in [1.29, 1.82) is 0 Å². The summed E-state index contributed by atoms with van der Waals surface area (Å²) >= 11 is 0. The first-order chi connectivity index (χ1) is 15.9. The fraction of sp³-hybridized carbons (Fsp3) is 0.565. The molecule has 0 heterocycles. The summed E-state index contributed by atoms with van der Waals surface area (Å²) < 4.78 is 56.2. The van der Waals surface area contributed by atoms with Crippen molar-refractivity contribution < 1.29 is 21.8 Å². The Balaban J connectivity index is 3.41. The molecular formula is C23H37N3O6S2. The van der Waals surface area contributed by atoms with E-state index < -0.39 is 53.3 Å². The van der Waals surface area contributed by atoms with Crippen LogP contribution < -0.4 is 0 Å². The number of hydrogen-bond acceptors (Lipinski definition) is 6. The molecule has 11 heteroatoms. The van der Waals surface area contributed by atoms with Crippen LogP contribution in [0, 0.1) is 16.0 Å². The van der Waals surface area contributed by atoms with Crippen LogP contribution in [-0.2, 0) is 20.0 Å². The largest absolute Gasteiger partial charge is 0.289 e. The Morgan fingerprint density at radius 1 is 1.03 bits per heavy atom. The summed E-state index contributed by atoms with van der Waals surface area (Å²) in [6.45, 7) is 13.0. The van der Waals surface area contributed by atoms with E-state index >= 15 is 0 Å². The van der Waals surface area contributed by atoms with Gasteiger partial charge in [0.15, 0.2) is 4.90 Å². The lowest BCUT2D eigenvalue weighted by atomic mass is 10.1. The zero-order chi connectivity index (χ0) is 25.9. The zero-order valence-corrected chi connectivity index (χ0v) is 21.9. The van der Waals surface area contributed by atoms with E-state index in [9.17, 15) is 26.9 Å². The number of unbranched alkanes of at least 4 members (excludes halogenated alkanes) is 3. The summed E-state index contributed by atoms with van der Waals surface area (Å²) in [5, 5.41) is 11.5. The highest BCUT2D eigenvalue weighted by Crippen LogP contribution is 2.30. The number of nitro groups is 1. The highest BCUT2D eigenvalue weighted by molar-refractivity contribution is 7.90. The van der Waals surface area contributed by atoms with Gasteiger partial charge in [-0.1, -0.05) is 64.3 Å². The quantitative estimate of drug-likeness (QED) is 0.133. The maximum absolute atomic E-state index is 13.6. The molecule has 9 nitrogen and oxygen atoms in total. The Morgan fingerprint density at radius 2 is 1.65 bits per heavy atom. The number of hydrogen-bond donors (Lipinski definition) is 0. The summed E-state index contributed by atoms with van der Waals surface area (Å²) in [5.41, 5.74) is -0.564. The van der Waals surface area contributed by atoms with E-state index in [1.807, 2.05) is 0 Å². The second kappa shape index (κ2) is 13.7. The van der Waals surface area contributed by atoms with Gasteiger partial charge in [-0.05, 0) is 18.4 Å². The molecule has 0 aliphatic rings. The van der Waals surface area contributed by atoms with Crippen molar-refractivity contribution in [1.82, 2.24) is 8.61 Å². The molecule has 0 aromatic heterocycles. The van der Waals surface area contributed by atoms with Gasteiger partial charge < -0.3 is 0 Å². The molecule has 1 rings (SSSR count). The van der Waals surface area contributed by atoms with Gasteiger partial charge in [0.25, 0.3) is 5.69 Å². The van der Waals surface area contributed by atoms with Crippen molar-refractivity contribution >= 4 is 25.7 Å². The summed E-state index contributed by atoms with van der Waals surface area (Å²) in [6.07, 6.45) is 6.45. The third-order valence-corrected chi connectivity index (χ3v) is 9.29. The van der Waals surface area contributed by atoms with Gasteiger partial charge in [0.2, 0.25) is 20.0 Å². The molecule has 1 aromatic carbocycles. The van der Waals surface area contributed by atoms with Crippen molar-refractivity contribution in [2.75, 3.05) is 25.4 Å². The Hall–Kier alpha value is -2.08. The molecule has 0 N–H and O–H groups in total. The van der Waals surface area contributed by atoms with Crippen LogP contribution in [0.5, 0.6) is 0 Å². The Morgan fingerprint density at radius 3 is 2.18 bits per heavy atom. The molecular weight excluding hydrogens is 478 g/mol. The van der Waals surface area contributed by atoms with Gasteiger partial charge in [-0.3, -0.25) is 10.1 Å². The fourth-order valence-electron chi connectivity index (χ4n) is 3.62. The van der Waals surface area contributed by atoms with E-state index in [0.717, 1.165) is 35.7 Å². The zero-order valence-electron chi connectivity index (χ0n) is 20.3. The van der Waals surface area contributed by atoms with Crippen LogP contribution >= 0.6 is 0 Å². The minimum atomic E-state index is -4.40. The maximum Gasteiger partial charge on any atom is 0.289 e. The monoisotopic (exact) mass is 515 g/mol. The van der Waals surface area contributed by atoms with Gasteiger partial charge in [0, 0.05) is 31.7 Å². The van der Waals surface area contributed by atoms with Crippen molar-refractivity contribution in [2.45, 2.75) is 57.4 Å². The number of rotatable bonds is 17. The van der Waals surface area contributed by atoms with Crippen molar-refractivity contribution in [2.24, 2.45) is 5.92 Å². The van der Waals surface area contributed by atoms with Crippen LogP contribution in [0.3, 0.4) is 0 Å². The van der Waals surface area contributed by atoms with E-state index in [-0.39, 0.29) is 13.1 Å². The van der Waals surface area contributed by atoms with Gasteiger partial charge in [0.1, 0.15) is 0 Å². The van der Waals surface area contributed by atoms with Gasteiger partial charge in [-0.15, -0.1) is 13.2 Å². The Labute approximate surface area is 204 Å². The van der Waals surface area contributed by atoms with Gasteiger partial charge in [0.05, 0.1) is 10.7 Å². The first kappa shape index (κ1) is 30.0. The minimum Gasteiger partial charge on any atom is -0.258 e. The van der Waals surface area contributed by atoms with Crippen molar-refractivity contribution in [3.63, 3.8) is 0 Å². The average Bonchev–Trinajstić information content (AvgIpc) is 2.77. The standard InChI is InChI=1S/C23H37N3O6S2/c1-6-9-10-13-18-24(16-7-2)33(29,30)19-22(20(4)5)25(17-8-3)34(31,32)23-15-12-11-14-21(23)26(27)28/h7-8,11-12,14-15,20,22H,2-3,6,9-10,13,16-19H2,1,4-5H3. The van der Waals surface area contributed by atoms with Crippen LogP contribution in [0.2, 0.25) is 0 Å². The predicted molar refractivity (Wildman–Crippen MR) is 136 cm³/mol. The lowest BCUT2D eigenvalue weighted by Gasteiger charge is -2.34. The number of nitro benzene ring substituents is 1. The summed E-state index contributed by atoms with van der Waals surface area (Å²) in [7, 11) is -8.26. The second-order valence-corrected chi connectivity index (χ2v) is 12.3. The highest BCUT2D eigenvalue weighted by atomic mass is 32.2. The molecule has 192 valence electrons. The van der Waals surface area contributed by atoms with Gasteiger partial charge in [-0.2, -0.15) is 8.61 Å². The van der Waals surface area contributed by atoms with Crippen molar-refractivity contribution in [3.05, 3.63) is 59.7 Å². The molecule has 0 radical (unpaired) electrons.